The number of hydrogen-bond acceptors (Lipinski definition) is 9. The van der Waals surface area contributed by atoms with Crippen molar-refractivity contribution in [3.63, 3.8) is 0 Å². The molecule has 2 aromatic rings. The molecule has 0 aliphatic rings. The van der Waals surface area contributed by atoms with Crippen LogP contribution in [-0.4, -0.2) is 52.4 Å². The largest absolute Gasteiger partial charge is 0.477 e. The van der Waals surface area contributed by atoms with Crippen LogP contribution in [0.1, 0.15) is 20.3 Å². The zero-order valence-corrected chi connectivity index (χ0v) is 13.8. The molecule has 2 heterocycles. The van der Waals surface area contributed by atoms with Crippen LogP contribution in [0.5, 0.6) is 17.8 Å². The van der Waals surface area contributed by atoms with Gasteiger partial charge in [0, 0.05) is 32.8 Å². The number of ether oxygens (including phenoxy) is 2. The van der Waals surface area contributed by atoms with Gasteiger partial charge in [0.15, 0.2) is 0 Å². The first-order valence-corrected chi connectivity index (χ1v) is 7.44. The number of rotatable bonds is 8. The number of nitrogens with one attached hydrogen (secondary N) is 1. The fourth-order valence-electron chi connectivity index (χ4n) is 1.57. The van der Waals surface area contributed by atoms with Crippen molar-refractivity contribution in [1.82, 2.24) is 25.1 Å². The lowest BCUT2D eigenvalue weighted by Gasteiger charge is -2.12. The number of hydrogen-bond donors (Lipinski definition) is 1. The first-order chi connectivity index (χ1) is 11.1. The summed E-state index contributed by atoms with van der Waals surface area (Å²) in [5.74, 6) is 1.67. The Kier molecular flexibility index (Phi) is 5.84. The van der Waals surface area contributed by atoms with E-state index in [-0.39, 0.29) is 11.9 Å². The number of aromatic nitrogens is 5. The van der Waals surface area contributed by atoms with Gasteiger partial charge in [-0.05, 0) is 13.3 Å². The van der Waals surface area contributed by atoms with Crippen molar-refractivity contribution >= 4 is 11.9 Å². The molecule has 0 spiro atoms. The predicted octanol–water partition coefficient (Wildman–Crippen LogP) is 1.74. The van der Waals surface area contributed by atoms with Crippen LogP contribution in [0.2, 0.25) is 0 Å². The van der Waals surface area contributed by atoms with E-state index in [0.717, 1.165) is 6.42 Å². The van der Waals surface area contributed by atoms with Crippen LogP contribution in [-0.2, 0) is 0 Å². The molecule has 2 rings (SSSR count). The molecule has 0 atom stereocenters. The predicted molar refractivity (Wildman–Crippen MR) is 86.2 cm³/mol. The lowest BCUT2D eigenvalue weighted by molar-refractivity contribution is 0.298. The minimum absolute atomic E-state index is 0.149. The van der Waals surface area contributed by atoms with Crippen molar-refractivity contribution in [1.29, 1.82) is 0 Å². The van der Waals surface area contributed by atoms with Crippen molar-refractivity contribution < 1.29 is 9.47 Å². The first kappa shape index (κ1) is 16.7. The van der Waals surface area contributed by atoms with E-state index in [1.54, 1.807) is 17.0 Å². The average molecular weight is 319 g/mol. The minimum Gasteiger partial charge on any atom is -0.477 e. The Labute approximate surface area is 135 Å². The molecule has 124 valence electrons. The molecule has 23 heavy (non-hydrogen) atoms. The van der Waals surface area contributed by atoms with E-state index in [1.165, 1.54) is 0 Å². The van der Waals surface area contributed by atoms with Gasteiger partial charge in [0.1, 0.15) is 0 Å². The summed E-state index contributed by atoms with van der Waals surface area (Å²) in [6.07, 6.45) is 0.908. The van der Waals surface area contributed by atoms with E-state index in [9.17, 15) is 0 Å². The molecule has 0 aliphatic carbocycles. The summed E-state index contributed by atoms with van der Waals surface area (Å²) < 4.78 is 10.9. The fourth-order valence-corrected chi connectivity index (χ4v) is 1.57. The van der Waals surface area contributed by atoms with Gasteiger partial charge in [-0.3, -0.25) is 0 Å². The van der Waals surface area contributed by atoms with Gasteiger partial charge in [-0.1, -0.05) is 6.92 Å². The molecule has 0 saturated carbocycles. The highest BCUT2D eigenvalue weighted by Crippen LogP contribution is 2.19. The van der Waals surface area contributed by atoms with Crippen LogP contribution < -0.4 is 19.7 Å². The molecule has 9 nitrogen and oxygen atoms in total. The van der Waals surface area contributed by atoms with Crippen molar-refractivity contribution in [2.45, 2.75) is 20.3 Å². The Balaban J connectivity index is 2.14. The van der Waals surface area contributed by atoms with E-state index in [1.807, 2.05) is 27.9 Å². The summed E-state index contributed by atoms with van der Waals surface area (Å²) in [4.78, 5) is 14.5. The second kappa shape index (κ2) is 8.06. The normalized spacial score (nSPS) is 10.3. The van der Waals surface area contributed by atoms with E-state index < -0.39 is 0 Å². The zero-order valence-electron chi connectivity index (χ0n) is 13.8. The Morgan fingerprint density at radius 3 is 2.39 bits per heavy atom. The van der Waals surface area contributed by atoms with Gasteiger partial charge in [-0.2, -0.15) is 15.0 Å². The maximum absolute atomic E-state index is 5.56. The monoisotopic (exact) mass is 319 g/mol. The molecule has 0 radical (unpaired) electrons. The Morgan fingerprint density at radius 2 is 1.78 bits per heavy atom. The molecule has 0 saturated heterocycles. The van der Waals surface area contributed by atoms with E-state index in [2.05, 4.69) is 30.5 Å². The van der Waals surface area contributed by atoms with Gasteiger partial charge >= 0.3 is 6.01 Å². The Bertz CT molecular complexity index is 619. The third-order valence-electron chi connectivity index (χ3n) is 2.60. The molecule has 0 unspecified atom stereocenters. The van der Waals surface area contributed by atoms with Crippen LogP contribution >= 0.6 is 0 Å². The molecule has 0 amide bonds. The first-order valence-electron chi connectivity index (χ1n) is 7.44. The zero-order chi connectivity index (χ0) is 16.7. The van der Waals surface area contributed by atoms with Crippen molar-refractivity contribution in [2.75, 3.05) is 37.5 Å². The second-order valence-corrected chi connectivity index (χ2v) is 4.83. The third-order valence-corrected chi connectivity index (χ3v) is 2.60. The topological polar surface area (TPSA) is 98.2 Å². The van der Waals surface area contributed by atoms with Gasteiger partial charge in [-0.25, -0.2) is 0 Å². The summed E-state index contributed by atoms with van der Waals surface area (Å²) in [6, 6.07) is 3.50. The molecule has 1 N–H and O–H groups in total. The highest BCUT2D eigenvalue weighted by molar-refractivity contribution is 5.37. The summed E-state index contributed by atoms with van der Waals surface area (Å²) in [5.41, 5.74) is 0. The second-order valence-electron chi connectivity index (χ2n) is 4.83. The number of nitrogens with zero attached hydrogens (tertiary/aromatic N) is 6. The molecule has 0 bridgehead atoms. The van der Waals surface area contributed by atoms with Crippen LogP contribution in [0.3, 0.4) is 0 Å². The maximum Gasteiger partial charge on any atom is 0.330 e. The third kappa shape index (κ3) is 4.90. The van der Waals surface area contributed by atoms with E-state index in [0.29, 0.717) is 30.9 Å². The average Bonchev–Trinajstić information content (AvgIpc) is 2.54. The minimum atomic E-state index is 0.149. The Hall–Kier alpha value is -2.71. The molecular weight excluding hydrogens is 298 g/mol. The van der Waals surface area contributed by atoms with Gasteiger partial charge in [0.25, 0.3) is 0 Å². The van der Waals surface area contributed by atoms with Crippen molar-refractivity contribution in [2.24, 2.45) is 0 Å². The summed E-state index contributed by atoms with van der Waals surface area (Å²) >= 11 is 0. The quantitative estimate of drug-likeness (QED) is 0.780. The van der Waals surface area contributed by atoms with E-state index in [4.69, 9.17) is 9.47 Å². The van der Waals surface area contributed by atoms with Crippen LogP contribution in [0.25, 0.3) is 0 Å². The highest BCUT2D eigenvalue weighted by Gasteiger charge is 2.10. The van der Waals surface area contributed by atoms with Gasteiger partial charge in [0.2, 0.25) is 23.7 Å². The highest BCUT2D eigenvalue weighted by atomic mass is 16.5. The van der Waals surface area contributed by atoms with Crippen molar-refractivity contribution in [3.05, 3.63) is 12.1 Å². The molecule has 0 aliphatic heterocycles. The molecule has 2 aromatic heterocycles. The van der Waals surface area contributed by atoms with Crippen LogP contribution in [0, 0.1) is 0 Å². The summed E-state index contributed by atoms with van der Waals surface area (Å²) in [7, 11) is 3.68. The summed E-state index contributed by atoms with van der Waals surface area (Å²) in [5, 5.41) is 10.9. The van der Waals surface area contributed by atoms with Gasteiger partial charge in [0.05, 0.1) is 6.61 Å². The molecule has 9 heteroatoms. The molecular formula is C14H21N7O2. The SMILES string of the molecule is CCCOc1ccc(Oc2nc(NCC)nc(N(C)C)n2)nn1. The lowest BCUT2D eigenvalue weighted by atomic mass is 10.5. The van der Waals surface area contributed by atoms with Crippen LogP contribution in [0.15, 0.2) is 12.1 Å². The van der Waals surface area contributed by atoms with E-state index >= 15 is 0 Å². The lowest BCUT2D eigenvalue weighted by Crippen LogP contribution is -2.15. The van der Waals surface area contributed by atoms with Gasteiger partial charge in [-0.15, -0.1) is 10.2 Å². The smallest absolute Gasteiger partial charge is 0.330 e. The van der Waals surface area contributed by atoms with Gasteiger partial charge < -0.3 is 19.7 Å². The Morgan fingerprint density at radius 1 is 1.04 bits per heavy atom. The van der Waals surface area contributed by atoms with Crippen LogP contribution in [0.4, 0.5) is 11.9 Å². The fraction of sp³-hybridized carbons (Fsp3) is 0.500. The standard InChI is InChI=1S/C14H21N7O2/c1-5-9-22-10-7-8-11(20-19-10)23-14-17-12(15-6-2)16-13(18-14)21(3)4/h7-8H,5-6,9H2,1-4H3,(H,15,16,17,18). The maximum atomic E-state index is 5.56. The molecule has 0 aromatic carbocycles. The molecule has 0 fully saturated rings. The van der Waals surface area contributed by atoms with Crippen molar-refractivity contribution in [3.8, 4) is 17.8 Å². The summed E-state index contributed by atoms with van der Waals surface area (Å²) in [6.45, 7) is 5.27. The number of anilines is 2.